The fourth-order valence-corrected chi connectivity index (χ4v) is 7.33. The molecule has 0 radical (unpaired) electrons. The molecule has 0 aliphatic carbocycles. The first-order valence-corrected chi connectivity index (χ1v) is 20.7. The molecular formula is C48H60N6O7. The lowest BCUT2D eigenvalue weighted by molar-refractivity contribution is -0.143. The zero-order valence-electron chi connectivity index (χ0n) is 36.4. The van der Waals surface area contributed by atoms with E-state index in [1.807, 2.05) is 62.4 Å². The average Bonchev–Trinajstić information content (AvgIpc) is 3.83. The molecule has 324 valence electrons. The third-order valence-corrected chi connectivity index (χ3v) is 10.9. The highest BCUT2D eigenvalue weighted by Crippen LogP contribution is 2.31. The summed E-state index contributed by atoms with van der Waals surface area (Å²) in [5, 5.41) is 21.8. The van der Waals surface area contributed by atoms with Crippen LogP contribution in [-0.2, 0) is 14.4 Å². The number of amides is 1. The molecule has 2 heterocycles. The Morgan fingerprint density at radius 3 is 1.51 bits per heavy atom. The molecule has 0 saturated carbocycles. The molecule has 5 unspecified atom stereocenters. The predicted octanol–water partition coefficient (Wildman–Crippen LogP) is 9.25. The number of hydrogen-bond donors (Lipinski definition) is 8. The Labute approximate surface area is 358 Å². The monoisotopic (exact) mass is 833 g/mol. The number of H-pyrrole nitrogens is 4. The number of hydrogen-bond acceptors (Lipinski definition) is 6. The minimum absolute atomic E-state index is 0.135. The molecule has 61 heavy (non-hydrogen) atoms. The number of fused-ring (bicyclic) bond motifs is 2. The number of imidazole rings is 2. The predicted molar refractivity (Wildman–Crippen MR) is 245 cm³/mol. The van der Waals surface area contributed by atoms with Gasteiger partial charge in [0.15, 0.2) is 0 Å². The van der Waals surface area contributed by atoms with Gasteiger partial charge in [-0.25, -0.2) is 9.59 Å². The van der Waals surface area contributed by atoms with Gasteiger partial charge in [-0.1, -0.05) is 88.4 Å². The summed E-state index contributed by atoms with van der Waals surface area (Å²) in [6.45, 7) is 8.07. The van der Waals surface area contributed by atoms with Crippen molar-refractivity contribution in [2.24, 2.45) is 17.8 Å². The zero-order valence-corrected chi connectivity index (χ0v) is 35.4. The number of carbonyl (C=O) groups is 3. The van der Waals surface area contributed by atoms with Crippen molar-refractivity contribution in [1.82, 2.24) is 19.9 Å². The molecule has 0 aliphatic heterocycles. The van der Waals surface area contributed by atoms with Crippen LogP contribution in [0.5, 0.6) is 0 Å². The van der Waals surface area contributed by atoms with Crippen molar-refractivity contribution in [3.8, 4) is 12.8 Å². The van der Waals surface area contributed by atoms with Gasteiger partial charge in [-0.05, 0) is 111 Å². The number of nitrogens with two attached hydrogens (primary N) is 1. The number of rotatable bonds is 17. The first-order chi connectivity index (χ1) is 29.8. The lowest BCUT2D eigenvalue weighted by Crippen LogP contribution is -2.25. The minimum Gasteiger partial charge on any atom is -0.481 e. The summed E-state index contributed by atoms with van der Waals surface area (Å²) in [4.78, 5) is 68.5. The molecule has 6 aromatic rings. The molecule has 1 amide bonds. The van der Waals surface area contributed by atoms with Crippen LogP contribution in [0.1, 0.15) is 103 Å². The van der Waals surface area contributed by atoms with Gasteiger partial charge in [-0.3, -0.25) is 14.4 Å². The molecule has 9 N–H and O–H groups in total. The highest BCUT2D eigenvalue weighted by molar-refractivity contribution is 5.94. The number of aromatic nitrogens is 4. The van der Waals surface area contributed by atoms with Gasteiger partial charge >= 0.3 is 23.3 Å². The summed E-state index contributed by atoms with van der Waals surface area (Å²) in [6, 6.07) is 30.6. The second kappa shape index (κ2) is 25.0. The molecule has 0 aliphatic rings. The van der Waals surface area contributed by atoms with E-state index in [0.29, 0.717) is 60.4 Å². The van der Waals surface area contributed by atoms with Gasteiger partial charge in [-0.15, -0.1) is 12.8 Å². The van der Waals surface area contributed by atoms with Crippen LogP contribution in [0.4, 0.5) is 11.4 Å². The van der Waals surface area contributed by atoms with E-state index in [-0.39, 0.29) is 35.0 Å². The van der Waals surface area contributed by atoms with Gasteiger partial charge in [0, 0.05) is 17.3 Å². The smallest absolute Gasteiger partial charge is 0.323 e. The van der Waals surface area contributed by atoms with Crippen LogP contribution in [0.2, 0.25) is 0 Å². The quantitative estimate of drug-likeness (QED) is 0.0326. The molecule has 0 saturated heterocycles. The van der Waals surface area contributed by atoms with E-state index in [9.17, 15) is 29.1 Å². The van der Waals surface area contributed by atoms with Gasteiger partial charge < -0.3 is 41.2 Å². The standard InChI is InChI=1S/C25H31N3O4.C14H20O2.C7H7N3O.C2H2/c1-3-16(23(29)26-20-12-13-21-22(15-20)28-25(32)27-21)10-11-19(24(30)31)14-17(4-2)18-8-6-5-7-9-18;1-3-11(10-12(4-2)14(15)16)13-8-6-5-7-9-13;8-4-1-2-5-6(3-4)10-7(11)9-5;1-2/h5-9,12-13,15-17,19H,3-4,10-11,14H2,1-2H3,(H,26,29)(H,30,31)(H2,27,28,32);5-9,11-12H,3-4,10H2,1-2H3,(H,15,16);1-3H,8H2,(H2,9,10,11);1-2H/i;;;1D. The van der Waals surface area contributed by atoms with Crippen LogP contribution < -0.4 is 22.4 Å². The van der Waals surface area contributed by atoms with Gasteiger partial charge in [0.25, 0.3) is 0 Å². The first kappa shape index (κ1) is 46.9. The molecule has 13 nitrogen and oxygen atoms in total. The van der Waals surface area contributed by atoms with E-state index >= 15 is 0 Å². The van der Waals surface area contributed by atoms with E-state index in [1.54, 1.807) is 36.4 Å². The Morgan fingerprint density at radius 1 is 0.623 bits per heavy atom. The number of aliphatic carboxylic acids is 2. The third-order valence-electron chi connectivity index (χ3n) is 10.9. The fraction of sp³-hybridized carbons (Fsp3) is 0.354. The van der Waals surface area contributed by atoms with Gasteiger partial charge in [0.05, 0.1) is 33.9 Å². The lowest BCUT2D eigenvalue weighted by Gasteiger charge is -2.22. The maximum Gasteiger partial charge on any atom is 0.323 e. The van der Waals surface area contributed by atoms with Crippen LogP contribution in [0.25, 0.3) is 22.1 Å². The van der Waals surface area contributed by atoms with Crippen molar-refractivity contribution in [3.05, 3.63) is 129 Å². The molecule has 0 bridgehead atoms. The zero-order chi connectivity index (χ0) is 45.6. The minimum atomic E-state index is -0.809. The van der Waals surface area contributed by atoms with E-state index in [4.69, 9.17) is 12.2 Å². The van der Waals surface area contributed by atoms with Crippen LogP contribution in [0.15, 0.2) is 107 Å². The van der Waals surface area contributed by atoms with Crippen molar-refractivity contribution < 1.29 is 26.0 Å². The van der Waals surface area contributed by atoms with E-state index in [2.05, 4.69) is 57.7 Å². The average molecular weight is 834 g/mol. The molecule has 0 fully saturated rings. The third kappa shape index (κ3) is 15.1. The van der Waals surface area contributed by atoms with Crippen LogP contribution in [0, 0.1) is 30.6 Å². The maximum atomic E-state index is 12.8. The first-order valence-electron chi connectivity index (χ1n) is 21.2. The molecule has 4 aromatic carbocycles. The van der Waals surface area contributed by atoms with E-state index in [0.717, 1.165) is 35.9 Å². The van der Waals surface area contributed by atoms with Gasteiger partial charge in [0.2, 0.25) is 5.91 Å². The molecule has 6 rings (SSSR count). The SMILES string of the molecule is CCC(CC(CC)c1ccccc1)C(=O)O.CCC(CCC(CC(CC)c1ccccc1)C(=O)O)C(=O)Nc1ccc2[nH]c(=O)[nH]c2c1.Nc1ccc2[nH]c(=O)[nH]c2c1.[2H]C#C. The highest BCUT2D eigenvalue weighted by Gasteiger charge is 2.26. The largest absolute Gasteiger partial charge is 0.481 e. The summed E-state index contributed by atoms with van der Waals surface area (Å²) in [7, 11) is 0. The topological polar surface area (TPSA) is 227 Å². The Morgan fingerprint density at radius 2 is 1.05 bits per heavy atom. The molecule has 0 spiro atoms. The maximum absolute atomic E-state index is 12.8. The summed E-state index contributed by atoms with van der Waals surface area (Å²) < 4.78 is 5.74. The van der Waals surface area contributed by atoms with Crippen molar-refractivity contribution in [2.75, 3.05) is 11.1 Å². The summed E-state index contributed by atoms with van der Waals surface area (Å²) >= 11 is 0. The molecular weight excluding hydrogens is 773 g/mol. The van der Waals surface area contributed by atoms with Gasteiger partial charge in [0.1, 0.15) is 1.37 Å². The number of terminal acetylenes is 1. The Hall–Kier alpha value is -6.81. The lowest BCUT2D eigenvalue weighted by atomic mass is 9.83. The Bertz CT molecular complexity index is 2450. The van der Waals surface area contributed by atoms with Crippen molar-refractivity contribution in [2.45, 2.75) is 90.9 Å². The second-order valence-corrected chi connectivity index (χ2v) is 14.9. The number of carbonyl (C=O) groups excluding carboxylic acids is 1. The number of carboxylic acids is 2. The van der Waals surface area contributed by atoms with Crippen LogP contribution in [-0.4, -0.2) is 48.0 Å². The van der Waals surface area contributed by atoms with E-state index < -0.39 is 17.9 Å². The van der Waals surface area contributed by atoms with Crippen molar-refractivity contribution in [1.29, 1.82) is 0 Å². The summed E-state index contributed by atoms with van der Waals surface area (Å²) in [6.07, 6.45) is 11.2. The van der Waals surface area contributed by atoms with Gasteiger partial charge in [-0.2, -0.15) is 0 Å². The van der Waals surface area contributed by atoms with E-state index in [1.165, 1.54) is 12.0 Å². The fourth-order valence-electron chi connectivity index (χ4n) is 7.33. The number of carboxylic acid groups (broad SMARTS) is 2. The Balaban J connectivity index is 0.000000280. The highest BCUT2D eigenvalue weighted by atomic mass is 16.4. The Kier molecular flexibility index (Phi) is 19.2. The number of nitrogens with one attached hydrogen (secondary N) is 5. The van der Waals surface area contributed by atoms with Crippen molar-refractivity contribution >= 4 is 51.3 Å². The number of benzene rings is 4. The normalized spacial score (nSPS) is 13.2. The van der Waals surface area contributed by atoms with Crippen LogP contribution in [0.3, 0.4) is 0 Å². The molecule has 2 aromatic heterocycles. The summed E-state index contributed by atoms with van der Waals surface area (Å²) in [5.74, 6) is -2.07. The van der Waals surface area contributed by atoms with Crippen molar-refractivity contribution in [3.63, 3.8) is 0 Å². The number of nitrogen functional groups attached to an aromatic ring is 1. The summed E-state index contributed by atoms with van der Waals surface area (Å²) in [5.41, 5.74) is 11.5. The number of aromatic amines is 4. The second-order valence-electron chi connectivity index (χ2n) is 14.9. The number of anilines is 2. The molecule has 5 atom stereocenters. The van der Waals surface area contributed by atoms with Crippen LogP contribution >= 0.6 is 0 Å². The molecule has 13 heteroatoms.